The van der Waals surface area contributed by atoms with Crippen molar-refractivity contribution >= 4 is 22.9 Å². The van der Waals surface area contributed by atoms with Crippen molar-refractivity contribution in [2.45, 2.75) is 26.4 Å². The van der Waals surface area contributed by atoms with Crippen molar-refractivity contribution in [3.05, 3.63) is 75.5 Å². The minimum Gasteiger partial charge on any atom is -0.488 e. The molecule has 192 valence electrons. The highest BCUT2D eigenvalue weighted by Crippen LogP contribution is 2.29. The van der Waals surface area contributed by atoms with Gasteiger partial charge in [-0.1, -0.05) is 0 Å². The standard InChI is InChI=1S/C27H29FN6O2S/c1-18-33-16-24(37-18)17-35-22-12-20(28)13-23(14-22)36-21-6-4-19(5-7-21)26(30)25(15-29)27(31)32-8-11-34-9-2-3-10-34/h4-7,12-14,16H,2-3,8-11,17,30H2,1H3,(H2,31,32)/b26-25-. The summed E-state index contributed by atoms with van der Waals surface area (Å²) in [7, 11) is 0. The molecule has 2 aromatic carbocycles. The van der Waals surface area contributed by atoms with Gasteiger partial charge >= 0.3 is 0 Å². The molecule has 1 aliphatic rings. The number of likely N-dealkylation sites (tertiary alicyclic amines) is 1. The van der Waals surface area contributed by atoms with Gasteiger partial charge in [-0.2, -0.15) is 5.26 Å². The lowest BCUT2D eigenvalue weighted by atomic mass is 10.1. The third-order valence-electron chi connectivity index (χ3n) is 5.83. The van der Waals surface area contributed by atoms with Gasteiger partial charge in [-0.3, -0.25) is 4.99 Å². The summed E-state index contributed by atoms with van der Waals surface area (Å²) in [6, 6.07) is 13.1. The Bertz CT molecular complexity index is 1320. The van der Waals surface area contributed by atoms with E-state index in [0.29, 0.717) is 36.0 Å². The number of benzene rings is 2. The molecule has 37 heavy (non-hydrogen) atoms. The molecule has 0 bridgehead atoms. The highest BCUT2D eigenvalue weighted by Gasteiger charge is 2.13. The monoisotopic (exact) mass is 520 g/mol. The predicted octanol–water partition coefficient (Wildman–Crippen LogP) is 4.61. The average molecular weight is 521 g/mol. The fourth-order valence-electron chi connectivity index (χ4n) is 3.94. The Balaban J connectivity index is 1.41. The Morgan fingerprint density at radius 3 is 2.54 bits per heavy atom. The van der Waals surface area contributed by atoms with Gasteiger partial charge in [-0.25, -0.2) is 9.37 Å². The molecule has 4 N–H and O–H groups in total. The van der Waals surface area contributed by atoms with Crippen molar-refractivity contribution in [2.24, 2.45) is 16.5 Å². The van der Waals surface area contributed by atoms with E-state index >= 15 is 0 Å². The number of aryl methyl sites for hydroxylation is 1. The van der Waals surface area contributed by atoms with Crippen molar-refractivity contribution in [3.8, 4) is 23.3 Å². The van der Waals surface area contributed by atoms with Crippen LogP contribution in [0.1, 0.15) is 28.3 Å². The highest BCUT2D eigenvalue weighted by molar-refractivity contribution is 7.11. The van der Waals surface area contributed by atoms with Crippen molar-refractivity contribution < 1.29 is 13.9 Å². The zero-order chi connectivity index (χ0) is 26.2. The molecule has 1 saturated heterocycles. The van der Waals surface area contributed by atoms with Crippen LogP contribution in [0, 0.1) is 24.1 Å². The fraction of sp³-hybridized carbons (Fsp3) is 0.296. The van der Waals surface area contributed by atoms with E-state index in [-0.39, 0.29) is 17.1 Å². The van der Waals surface area contributed by atoms with E-state index in [0.717, 1.165) is 29.5 Å². The number of hydrogen-bond acceptors (Lipinski definition) is 8. The van der Waals surface area contributed by atoms with E-state index in [1.807, 2.05) is 6.92 Å². The van der Waals surface area contributed by atoms with Crippen LogP contribution in [0.2, 0.25) is 0 Å². The molecule has 1 fully saturated rings. The van der Waals surface area contributed by atoms with E-state index in [4.69, 9.17) is 20.9 Å². The SMILES string of the molecule is Cc1ncc(COc2cc(F)cc(Oc3ccc(/C(N)=C(\C#N)C(N)=NCCN4CCCC4)cc3)c2)s1. The van der Waals surface area contributed by atoms with Crippen molar-refractivity contribution in [1.82, 2.24) is 9.88 Å². The summed E-state index contributed by atoms with van der Waals surface area (Å²) < 4.78 is 25.7. The van der Waals surface area contributed by atoms with E-state index in [9.17, 15) is 9.65 Å². The van der Waals surface area contributed by atoms with Crippen LogP contribution in [0.25, 0.3) is 5.70 Å². The quantitative estimate of drug-likeness (QED) is 0.227. The molecule has 0 amide bonds. The fourth-order valence-corrected chi connectivity index (χ4v) is 4.65. The number of nitriles is 1. The molecule has 0 spiro atoms. The van der Waals surface area contributed by atoms with Gasteiger partial charge < -0.3 is 25.8 Å². The number of nitrogens with zero attached hydrogens (tertiary/aromatic N) is 4. The van der Waals surface area contributed by atoms with Crippen LogP contribution >= 0.6 is 11.3 Å². The maximum atomic E-state index is 14.2. The van der Waals surface area contributed by atoms with Gasteiger partial charge in [0.05, 0.1) is 22.1 Å². The first-order valence-electron chi connectivity index (χ1n) is 12.0. The Hall–Kier alpha value is -3.94. The molecule has 8 nitrogen and oxygen atoms in total. The zero-order valence-corrected chi connectivity index (χ0v) is 21.4. The summed E-state index contributed by atoms with van der Waals surface area (Å²) >= 11 is 1.52. The molecule has 1 aromatic heterocycles. The highest BCUT2D eigenvalue weighted by atomic mass is 32.1. The molecule has 0 saturated carbocycles. The molecule has 0 atom stereocenters. The van der Waals surface area contributed by atoms with Gasteiger partial charge in [0.15, 0.2) is 0 Å². The Morgan fingerprint density at radius 2 is 1.86 bits per heavy atom. The minimum absolute atomic E-state index is 0.125. The van der Waals surface area contributed by atoms with Crippen LogP contribution in [-0.2, 0) is 6.61 Å². The van der Waals surface area contributed by atoms with Crippen LogP contribution < -0.4 is 20.9 Å². The molecule has 0 radical (unpaired) electrons. The average Bonchev–Trinajstić information content (AvgIpc) is 3.55. The summed E-state index contributed by atoms with van der Waals surface area (Å²) in [5.74, 6) is 0.758. The van der Waals surface area contributed by atoms with Gasteiger partial charge in [0.1, 0.15) is 47.2 Å². The van der Waals surface area contributed by atoms with E-state index in [1.165, 1.54) is 36.3 Å². The van der Waals surface area contributed by atoms with Crippen molar-refractivity contribution in [3.63, 3.8) is 0 Å². The number of nitrogens with two attached hydrogens (primary N) is 2. The summed E-state index contributed by atoms with van der Waals surface area (Å²) in [4.78, 5) is 11.8. The van der Waals surface area contributed by atoms with E-state index in [2.05, 4.69) is 20.9 Å². The first kappa shape index (κ1) is 26.1. The third-order valence-corrected chi connectivity index (χ3v) is 6.72. The Morgan fingerprint density at radius 1 is 1.14 bits per heavy atom. The number of ether oxygens (including phenoxy) is 2. The van der Waals surface area contributed by atoms with Crippen LogP contribution in [0.5, 0.6) is 17.2 Å². The first-order chi connectivity index (χ1) is 17.9. The zero-order valence-electron chi connectivity index (χ0n) is 20.6. The number of aromatic nitrogens is 1. The number of rotatable bonds is 10. The normalized spacial score (nSPS) is 14.8. The van der Waals surface area contributed by atoms with Crippen molar-refractivity contribution in [2.75, 3.05) is 26.2 Å². The van der Waals surface area contributed by atoms with Crippen LogP contribution in [0.15, 0.2) is 59.2 Å². The second kappa shape index (κ2) is 12.3. The largest absolute Gasteiger partial charge is 0.488 e. The lowest BCUT2D eigenvalue weighted by molar-refractivity contribution is 0.306. The van der Waals surface area contributed by atoms with E-state index < -0.39 is 5.82 Å². The molecule has 0 aliphatic carbocycles. The van der Waals surface area contributed by atoms with Crippen LogP contribution in [0.3, 0.4) is 0 Å². The number of halogens is 1. The van der Waals surface area contributed by atoms with Gasteiger partial charge in [0.2, 0.25) is 0 Å². The molecule has 0 unspecified atom stereocenters. The number of aliphatic imine (C=N–C) groups is 1. The number of amidine groups is 1. The molecular weight excluding hydrogens is 491 g/mol. The maximum Gasteiger partial charge on any atom is 0.138 e. The van der Waals surface area contributed by atoms with Crippen LogP contribution in [0.4, 0.5) is 4.39 Å². The number of thiazole rings is 1. The molecule has 3 aromatic rings. The minimum atomic E-state index is -0.477. The second-order valence-corrected chi connectivity index (χ2v) is 9.92. The van der Waals surface area contributed by atoms with E-state index in [1.54, 1.807) is 36.5 Å². The second-order valence-electron chi connectivity index (χ2n) is 8.60. The first-order valence-corrected chi connectivity index (χ1v) is 12.8. The summed E-state index contributed by atoms with van der Waals surface area (Å²) in [6.45, 7) is 5.67. The molecule has 10 heteroatoms. The van der Waals surface area contributed by atoms with Gasteiger partial charge in [-0.05, 0) is 62.7 Å². The summed E-state index contributed by atoms with van der Waals surface area (Å²) in [5, 5.41) is 10.6. The smallest absolute Gasteiger partial charge is 0.138 e. The molecule has 1 aliphatic heterocycles. The summed E-state index contributed by atoms with van der Waals surface area (Å²) in [5.41, 5.74) is 13.3. The van der Waals surface area contributed by atoms with Crippen LogP contribution in [-0.4, -0.2) is 41.9 Å². The topological polar surface area (TPSA) is 123 Å². The summed E-state index contributed by atoms with van der Waals surface area (Å²) in [6.07, 6.45) is 4.15. The van der Waals surface area contributed by atoms with Gasteiger partial charge in [0.25, 0.3) is 0 Å². The number of hydrogen-bond donors (Lipinski definition) is 2. The maximum absolute atomic E-state index is 14.2. The van der Waals surface area contributed by atoms with Gasteiger partial charge in [0, 0.05) is 30.9 Å². The van der Waals surface area contributed by atoms with Gasteiger partial charge in [-0.15, -0.1) is 11.3 Å². The lowest BCUT2D eigenvalue weighted by Gasteiger charge is -2.12. The Labute approximate surface area is 219 Å². The van der Waals surface area contributed by atoms with Crippen molar-refractivity contribution in [1.29, 1.82) is 5.26 Å². The Kier molecular flexibility index (Phi) is 8.72. The lowest BCUT2D eigenvalue weighted by Crippen LogP contribution is -2.24. The molecule has 2 heterocycles. The molecule has 4 rings (SSSR count). The molecular formula is C27H29FN6O2S. The predicted molar refractivity (Wildman–Crippen MR) is 143 cm³/mol. The third kappa shape index (κ3) is 7.29.